The highest BCUT2D eigenvalue weighted by Gasteiger charge is 2.24. The highest BCUT2D eigenvalue weighted by Crippen LogP contribution is 2.17. The highest BCUT2D eigenvalue weighted by molar-refractivity contribution is 5.81. The molecular formula is C13H26N2O2. The number of aliphatic hydroxyl groups is 1. The summed E-state index contributed by atoms with van der Waals surface area (Å²) in [6.07, 6.45) is 5.92. The van der Waals surface area contributed by atoms with E-state index in [1.165, 1.54) is 19.3 Å². The average Bonchev–Trinajstić information content (AvgIpc) is 2.30. The maximum Gasteiger partial charge on any atom is 0.237 e. The van der Waals surface area contributed by atoms with Crippen molar-refractivity contribution >= 4 is 5.91 Å². The molecule has 1 aliphatic carbocycles. The van der Waals surface area contributed by atoms with Gasteiger partial charge in [0.1, 0.15) is 0 Å². The van der Waals surface area contributed by atoms with E-state index in [9.17, 15) is 4.79 Å². The van der Waals surface area contributed by atoms with Crippen molar-refractivity contribution < 1.29 is 9.90 Å². The largest absolute Gasteiger partial charge is 0.394 e. The minimum absolute atomic E-state index is 0.0219. The molecule has 1 saturated carbocycles. The smallest absolute Gasteiger partial charge is 0.237 e. The first-order valence-corrected chi connectivity index (χ1v) is 6.63. The fourth-order valence-corrected chi connectivity index (χ4v) is 2.27. The Kier molecular flexibility index (Phi) is 5.40. The Bertz CT molecular complexity index is 248. The van der Waals surface area contributed by atoms with Gasteiger partial charge in [-0.2, -0.15) is 0 Å². The molecule has 0 aromatic heterocycles. The van der Waals surface area contributed by atoms with Gasteiger partial charge in [-0.3, -0.25) is 10.1 Å². The number of aliphatic hydroxyl groups excluding tert-OH is 1. The van der Waals surface area contributed by atoms with Gasteiger partial charge >= 0.3 is 0 Å². The van der Waals surface area contributed by atoms with Gasteiger partial charge < -0.3 is 10.4 Å². The van der Waals surface area contributed by atoms with E-state index in [-0.39, 0.29) is 18.6 Å². The second-order valence-corrected chi connectivity index (χ2v) is 5.75. The zero-order valence-electron chi connectivity index (χ0n) is 11.3. The van der Waals surface area contributed by atoms with Crippen molar-refractivity contribution in [1.82, 2.24) is 10.6 Å². The Labute approximate surface area is 104 Å². The summed E-state index contributed by atoms with van der Waals surface area (Å²) in [6.45, 7) is 5.64. The molecule has 0 saturated heterocycles. The maximum atomic E-state index is 11.9. The monoisotopic (exact) mass is 242 g/mol. The number of nitrogens with one attached hydrogen (secondary N) is 2. The highest BCUT2D eigenvalue weighted by atomic mass is 16.3. The zero-order chi connectivity index (χ0) is 12.9. The summed E-state index contributed by atoms with van der Waals surface area (Å²) >= 11 is 0. The Hall–Kier alpha value is -0.610. The molecule has 1 amide bonds. The molecule has 100 valence electrons. The summed E-state index contributed by atoms with van der Waals surface area (Å²) in [5, 5.41) is 15.4. The summed E-state index contributed by atoms with van der Waals surface area (Å²) in [7, 11) is 0. The third kappa shape index (κ3) is 5.04. The van der Waals surface area contributed by atoms with Crippen LogP contribution in [0.3, 0.4) is 0 Å². The molecule has 1 atom stereocenters. The fraction of sp³-hybridized carbons (Fsp3) is 0.923. The molecule has 0 aromatic rings. The Balaban J connectivity index is 2.35. The molecule has 0 radical (unpaired) electrons. The van der Waals surface area contributed by atoms with Gasteiger partial charge in [-0.15, -0.1) is 0 Å². The van der Waals surface area contributed by atoms with Crippen LogP contribution in [0.1, 0.15) is 52.9 Å². The predicted octanol–water partition coefficient (Wildman–Crippen LogP) is 1.18. The maximum absolute atomic E-state index is 11.9. The molecule has 0 heterocycles. The molecule has 0 aliphatic heterocycles. The van der Waals surface area contributed by atoms with Crippen LogP contribution in [0.5, 0.6) is 0 Å². The van der Waals surface area contributed by atoms with Gasteiger partial charge in [0.05, 0.1) is 12.6 Å². The topological polar surface area (TPSA) is 61.4 Å². The van der Waals surface area contributed by atoms with Gasteiger partial charge in [-0.05, 0) is 33.6 Å². The van der Waals surface area contributed by atoms with Gasteiger partial charge in [0.2, 0.25) is 5.91 Å². The molecular weight excluding hydrogens is 216 g/mol. The molecule has 3 N–H and O–H groups in total. The number of hydrogen-bond donors (Lipinski definition) is 3. The molecule has 0 aromatic carbocycles. The minimum atomic E-state index is -0.413. The summed E-state index contributed by atoms with van der Waals surface area (Å²) in [5.74, 6) is 0.0402. The first kappa shape index (κ1) is 14.5. The summed E-state index contributed by atoms with van der Waals surface area (Å²) in [4.78, 5) is 11.9. The summed E-state index contributed by atoms with van der Waals surface area (Å²) in [5.41, 5.74) is -0.413. The van der Waals surface area contributed by atoms with E-state index in [1.807, 2.05) is 20.8 Å². The lowest BCUT2D eigenvalue weighted by Gasteiger charge is -2.29. The first-order chi connectivity index (χ1) is 7.94. The van der Waals surface area contributed by atoms with Crippen molar-refractivity contribution in [1.29, 1.82) is 0 Å². The van der Waals surface area contributed by atoms with Crippen LogP contribution in [-0.2, 0) is 4.79 Å². The molecule has 0 spiro atoms. The Morgan fingerprint density at radius 3 is 2.47 bits per heavy atom. The van der Waals surface area contributed by atoms with Crippen molar-refractivity contribution in [3.05, 3.63) is 0 Å². The van der Waals surface area contributed by atoms with E-state index in [2.05, 4.69) is 10.6 Å². The van der Waals surface area contributed by atoms with E-state index in [4.69, 9.17) is 5.11 Å². The fourth-order valence-electron chi connectivity index (χ4n) is 2.27. The molecule has 1 rings (SSSR count). The minimum Gasteiger partial charge on any atom is -0.394 e. The van der Waals surface area contributed by atoms with E-state index < -0.39 is 5.54 Å². The van der Waals surface area contributed by atoms with Gasteiger partial charge in [0, 0.05) is 11.6 Å². The normalized spacial score (nSPS) is 20.0. The van der Waals surface area contributed by atoms with Gasteiger partial charge in [-0.25, -0.2) is 0 Å². The SMILES string of the molecule is CC(NC(C)(C)CO)C(=O)NC1CCCCC1. The lowest BCUT2D eigenvalue weighted by atomic mass is 9.95. The van der Waals surface area contributed by atoms with Gasteiger partial charge in [0.25, 0.3) is 0 Å². The standard InChI is InChI=1S/C13H26N2O2/c1-10(15-13(2,3)9-16)12(17)14-11-7-5-4-6-8-11/h10-11,15-16H,4-9H2,1-3H3,(H,14,17). The molecule has 4 nitrogen and oxygen atoms in total. The Morgan fingerprint density at radius 2 is 1.94 bits per heavy atom. The lowest BCUT2D eigenvalue weighted by Crippen LogP contribution is -2.54. The number of hydrogen-bond acceptors (Lipinski definition) is 3. The van der Waals surface area contributed by atoms with Crippen molar-refractivity contribution in [3.8, 4) is 0 Å². The number of amides is 1. The number of rotatable bonds is 5. The first-order valence-electron chi connectivity index (χ1n) is 6.63. The molecule has 17 heavy (non-hydrogen) atoms. The Morgan fingerprint density at radius 1 is 1.35 bits per heavy atom. The molecule has 1 unspecified atom stereocenters. The summed E-state index contributed by atoms with van der Waals surface area (Å²) < 4.78 is 0. The van der Waals surface area contributed by atoms with Crippen LogP contribution in [0.2, 0.25) is 0 Å². The van der Waals surface area contributed by atoms with E-state index in [0.717, 1.165) is 12.8 Å². The molecule has 0 bridgehead atoms. The lowest BCUT2D eigenvalue weighted by molar-refractivity contribution is -0.124. The van der Waals surface area contributed by atoms with Crippen LogP contribution in [-0.4, -0.2) is 35.2 Å². The number of carbonyl (C=O) groups excluding carboxylic acids is 1. The number of carbonyl (C=O) groups is 1. The van der Waals surface area contributed by atoms with Gasteiger partial charge in [-0.1, -0.05) is 19.3 Å². The van der Waals surface area contributed by atoms with Crippen molar-refractivity contribution in [3.63, 3.8) is 0 Å². The van der Waals surface area contributed by atoms with E-state index in [1.54, 1.807) is 0 Å². The predicted molar refractivity (Wildman–Crippen MR) is 68.8 cm³/mol. The van der Waals surface area contributed by atoms with Crippen LogP contribution >= 0.6 is 0 Å². The van der Waals surface area contributed by atoms with Crippen LogP contribution in [0, 0.1) is 0 Å². The average molecular weight is 242 g/mol. The van der Waals surface area contributed by atoms with E-state index >= 15 is 0 Å². The third-order valence-electron chi connectivity index (χ3n) is 3.35. The van der Waals surface area contributed by atoms with Crippen LogP contribution in [0.15, 0.2) is 0 Å². The van der Waals surface area contributed by atoms with E-state index in [0.29, 0.717) is 6.04 Å². The molecule has 4 heteroatoms. The van der Waals surface area contributed by atoms with Crippen molar-refractivity contribution in [2.45, 2.75) is 70.5 Å². The van der Waals surface area contributed by atoms with Crippen LogP contribution < -0.4 is 10.6 Å². The molecule has 1 fully saturated rings. The van der Waals surface area contributed by atoms with Gasteiger partial charge in [0.15, 0.2) is 0 Å². The molecule has 1 aliphatic rings. The summed E-state index contributed by atoms with van der Waals surface area (Å²) in [6, 6.07) is 0.0804. The second-order valence-electron chi connectivity index (χ2n) is 5.75. The van der Waals surface area contributed by atoms with Crippen molar-refractivity contribution in [2.75, 3.05) is 6.61 Å². The van der Waals surface area contributed by atoms with Crippen molar-refractivity contribution in [2.24, 2.45) is 0 Å². The zero-order valence-corrected chi connectivity index (χ0v) is 11.3. The van der Waals surface area contributed by atoms with Crippen LogP contribution in [0.4, 0.5) is 0 Å². The van der Waals surface area contributed by atoms with Crippen LogP contribution in [0.25, 0.3) is 0 Å². The quantitative estimate of drug-likeness (QED) is 0.678. The second kappa shape index (κ2) is 6.36. The third-order valence-corrected chi connectivity index (χ3v) is 3.35.